The van der Waals surface area contributed by atoms with E-state index in [0.717, 1.165) is 10.7 Å². The molecular formula is C26H23FN4O6S. The summed E-state index contributed by atoms with van der Waals surface area (Å²) >= 11 is 0. The highest BCUT2D eigenvalue weighted by Crippen LogP contribution is 2.16. The molecule has 1 heterocycles. The largest absolute Gasteiger partial charge is 0.480 e. The molecule has 1 amide bonds. The zero-order chi connectivity index (χ0) is 27.3. The number of rotatable bonds is 10. The van der Waals surface area contributed by atoms with Gasteiger partial charge in [0.2, 0.25) is 0 Å². The molecule has 0 fully saturated rings. The number of fused-ring (bicyclic) bond motifs is 1. The Labute approximate surface area is 216 Å². The van der Waals surface area contributed by atoms with Crippen LogP contribution in [0, 0.1) is 5.82 Å². The Hall–Kier alpha value is -4.45. The van der Waals surface area contributed by atoms with E-state index in [4.69, 9.17) is 0 Å². The maximum Gasteiger partial charge on any atom is 0.321 e. The van der Waals surface area contributed by atoms with Crippen LogP contribution in [0.15, 0.2) is 77.6 Å². The van der Waals surface area contributed by atoms with Gasteiger partial charge in [-0.05, 0) is 60.9 Å². The molecule has 12 heteroatoms. The number of carbonyl (C=O) groups is 2. The molecule has 0 bridgehead atoms. The van der Waals surface area contributed by atoms with E-state index in [9.17, 15) is 32.3 Å². The lowest BCUT2D eigenvalue weighted by atomic mass is 10.1. The van der Waals surface area contributed by atoms with E-state index in [1.165, 1.54) is 18.2 Å². The summed E-state index contributed by atoms with van der Waals surface area (Å²) in [5.74, 6) is -2.98. The lowest BCUT2D eigenvalue weighted by Gasteiger charge is -2.14. The number of hydrogen-bond acceptors (Lipinski definition) is 7. The maximum absolute atomic E-state index is 13.3. The van der Waals surface area contributed by atoms with Gasteiger partial charge < -0.3 is 10.4 Å². The van der Waals surface area contributed by atoms with Gasteiger partial charge >= 0.3 is 5.97 Å². The van der Waals surface area contributed by atoms with Crippen molar-refractivity contribution in [3.8, 4) is 0 Å². The van der Waals surface area contributed by atoms with Gasteiger partial charge in [0.05, 0.1) is 11.1 Å². The molecule has 38 heavy (non-hydrogen) atoms. The van der Waals surface area contributed by atoms with Crippen LogP contribution in [-0.2, 0) is 27.6 Å². The van der Waals surface area contributed by atoms with Crippen LogP contribution in [0.25, 0.3) is 10.9 Å². The number of benzene rings is 3. The first-order valence-corrected chi connectivity index (χ1v) is 13.3. The number of hydrogen-bond donors (Lipinski definition) is 2. The summed E-state index contributed by atoms with van der Waals surface area (Å²) < 4.78 is 40.0. The minimum atomic E-state index is -4.08. The number of aryl methyl sites for hydroxylation is 2. The highest BCUT2D eigenvalue weighted by molar-refractivity contribution is 7.92. The molecule has 0 aliphatic carbocycles. The van der Waals surface area contributed by atoms with Crippen molar-refractivity contribution >= 4 is 38.3 Å². The fourth-order valence-corrected chi connectivity index (χ4v) is 5.43. The van der Waals surface area contributed by atoms with Gasteiger partial charge in [0, 0.05) is 17.8 Å². The summed E-state index contributed by atoms with van der Waals surface area (Å²) in [6.07, 6.45) is -0.310. The Balaban J connectivity index is 1.38. The molecule has 10 nitrogen and oxygen atoms in total. The first-order valence-electron chi connectivity index (χ1n) is 11.6. The van der Waals surface area contributed by atoms with E-state index in [1.807, 2.05) is 0 Å². The molecule has 2 N–H and O–H groups in total. The van der Waals surface area contributed by atoms with Gasteiger partial charge in [0.25, 0.3) is 11.5 Å². The number of nitrogens with zero attached hydrogens (tertiary/aromatic N) is 3. The molecular weight excluding hydrogens is 515 g/mol. The molecule has 0 aliphatic rings. The summed E-state index contributed by atoms with van der Waals surface area (Å²) in [6, 6.07) is 18.1. The Kier molecular flexibility index (Phi) is 7.91. The van der Waals surface area contributed by atoms with Crippen molar-refractivity contribution in [1.82, 2.24) is 15.0 Å². The predicted octanol–water partition coefficient (Wildman–Crippen LogP) is 2.68. The quantitative estimate of drug-likeness (QED) is 0.313. The molecule has 1 atom stereocenters. The number of aromatic nitrogens is 3. The van der Waals surface area contributed by atoms with Crippen molar-refractivity contribution < 1.29 is 27.5 Å². The van der Waals surface area contributed by atoms with Crippen molar-refractivity contribution in [3.63, 3.8) is 0 Å². The average molecular weight is 539 g/mol. The number of nitrogens with one attached hydrogen (secondary N) is 1. The zero-order valence-corrected chi connectivity index (χ0v) is 20.8. The lowest BCUT2D eigenvalue weighted by Crippen LogP contribution is -2.35. The van der Waals surface area contributed by atoms with Crippen molar-refractivity contribution in [2.75, 3.05) is 11.1 Å². The second-order valence-electron chi connectivity index (χ2n) is 8.53. The summed E-state index contributed by atoms with van der Waals surface area (Å²) in [5.41, 5.74) is 1.09. The van der Waals surface area contributed by atoms with Crippen molar-refractivity contribution in [2.24, 2.45) is 0 Å². The smallest absolute Gasteiger partial charge is 0.321 e. The number of anilines is 1. The number of carboxylic acids is 1. The van der Waals surface area contributed by atoms with Crippen LogP contribution >= 0.6 is 0 Å². The molecule has 4 aromatic rings. The van der Waals surface area contributed by atoms with E-state index >= 15 is 0 Å². The molecule has 4 rings (SSSR count). The summed E-state index contributed by atoms with van der Waals surface area (Å²) in [4.78, 5) is 36.6. The molecule has 3 aromatic carbocycles. The van der Waals surface area contributed by atoms with Crippen LogP contribution < -0.4 is 10.9 Å². The zero-order valence-electron chi connectivity index (χ0n) is 20.0. The SMILES string of the molecule is O=C(Nc1ccc(CCS(=O)(=O)C(CCn2nnc3ccccc3c2=O)C(=O)O)cc1)c1cccc(F)c1. The molecule has 0 aliphatic heterocycles. The van der Waals surface area contributed by atoms with Gasteiger partial charge in [0.15, 0.2) is 15.1 Å². The van der Waals surface area contributed by atoms with Crippen molar-refractivity contribution in [1.29, 1.82) is 0 Å². The summed E-state index contributed by atoms with van der Waals surface area (Å²) in [5, 5.41) is 18.5. The van der Waals surface area contributed by atoms with Gasteiger partial charge in [-0.25, -0.2) is 17.5 Å². The van der Waals surface area contributed by atoms with Gasteiger partial charge in [-0.15, -0.1) is 5.10 Å². The minimum Gasteiger partial charge on any atom is -0.480 e. The van der Waals surface area contributed by atoms with Crippen molar-refractivity contribution in [2.45, 2.75) is 24.6 Å². The van der Waals surface area contributed by atoms with Crippen LogP contribution in [0.3, 0.4) is 0 Å². The van der Waals surface area contributed by atoms with Gasteiger partial charge in [-0.3, -0.25) is 14.4 Å². The normalized spacial score (nSPS) is 12.2. The first kappa shape index (κ1) is 26.6. The van der Waals surface area contributed by atoms with Gasteiger partial charge in [-0.2, -0.15) is 0 Å². The number of halogens is 1. The molecule has 0 spiro atoms. The lowest BCUT2D eigenvalue weighted by molar-refractivity contribution is -0.136. The number of sulfone groups is 1. The van der Waals surface area contributed by atoms with Crippen LogP contribution in [0.5, 0.6) is 0 Å². The highest BCUT2D eigenvalue weighted by atomic mass is 32.2. The van der Waals surface area contributed by atoms with E-state index < -0.39 is 44.1 Å². The molecule has 0 radical (unpaired) electrons. The Morgan fingerprint density at radius 2 is 1.76 bits per heavy atom. The first-order chi connectivity index (χ1) is 18.1. The molecule has 1 aromatic heterocycles. The maximum atomic E-state index is 13.3. The van der Waals surface area contributed by atoms with Crippen LogP contribution in [0.4, 0.5) is 10.1 Å². The van der Waals surface area contributed by atoms with E-state index in [1.54, 1.807) is 48.5 Å². The fraction of sp³-hybridized carbons (Fsp3) is 0.192. The Bertz CT molecular complexity index is 1650. The van der Waals surface area contributed by atoms with Gasteiger partial charge in [0.1, 0.15) is 11.3 Å². The third-order valence-electron chi connectivity index (χ3n) is 5.92. The number of amides is 1. The minimum absolute atomic E-state index is 0.0416. The molecule has 1 unspecified atom stereocenters. The molecule has 196 valence electrons. The monoisotopic (exact) mass is 538 g/mol. The fourth-order valence-electron chi connectivity index (χ4n) is 3.86. The van der Waals surface area contributed by atoms with Crippen LogP contribution in [0.1, 0.15) is 22.3 Å². The Morgan fingerprint density at radius 3 is 2.47 bits per heavy atom. The van der Waals surface area contributed by atoms with Crippen molar-refractivity contribution in [3.05, 3.63) is 100 Å². The third-order valence-corrected chi connectivity index (χ3v) is 7.99. The van der Waals surface area contributed by atoms with Crippen LogP contribution in [0.2, 0.25) is 0 Å². The molecule has 0 saturated heterocycles. The molecule has 0 saturated carbocycles. The Morgan fingerprint density at radius 1 is 1.03 bits per heavy atom. The summed E-state index contributed by atoms with van der Waals surface area (Å²) in [6.45, 7) is -0.230. The van der Waals surface area contributed by atoms with E-state index in [2.05, 4.69) is 15.6 Å². The number of carboxylic acid groups (broad SMARTS) is 1. The average Bonchev–Trinajstić information content (AvgIpc) is 2.89. The summed E-state index contributed by atoms with van der Waals surface area (Å²) in [7, 11) is -4.08. The highest BCUT2D eigenvalue weighted by Gasteiger charge is 2.32. The van der Waals surface area contributed by atoms with Crippen LogP contribution in [-0.4, -0.2) is 51.4 Å². The second kappa shape index (κ2) is 11.3. The number of aliphatic carboxylic acids is 1. The van der Waals surface area contributed by atoms with Gasteiger partial charge in [-0.1, -0.05) is 35.5 Å². The topological polar surface area (TPSA) is 148 Å². The standard InChI is InChI=1S/C26H23FN4O6S/c27-19-5-3-4-18(16-19)24(32)28-20-10-8-17(9-11-20)13-15-38(36,37)23(26(34)35)12-14-31-25(33)21-6-1-2-7-22(21)29-30-31/h1-11,16,23H,12-15H2,(H,28,32)(H,34,35). The second-order valence-corrected chi connectivity index (χ2v) is 10.8. The number of carbonyl (C=O) groups excluding carboxylic acids is 1. The van der Waals surface area contributed by atoms with E-state index in [0.29, 0.717) is 22.2 Å². The van der Waals surface area contributed by atoms with E-state index in [-0.39, 0.29) is 24.9 Å². The third kappa shape index (κ3) is 6.27. The predicted molar refractivity (Wildman–Crippen MR) is 138 cm³/mol.